The molecule has 0 amide bonds. The van der Waals surface area contributed by atoms with Crippen LogP contribution in [0.15, 0.2) is 0 Å². The summed E-state index contributed by atoms with van der Waals surface area (Å²) in [6.07, 6.45) is 8.86. The third kappa shape index (κ3) is 1.79. The van der Waals surface area contributed by atoms with Gasteiger partial charge in [-0.1, -0.05) is 20.8 Å². The minimum atomic E-state index is -0.284. The molecule has 6 fully saturated rings. The molecule has 0 saturated heterocycles. The molecule has 0 aromatic carbocycles. The van der Waals surface area contributed by atoms with Crippen molar-refractivity contribution in [1.29, 1.82) is 0 Å². The Labute approximate surface area is 151 Å². The van der Waals surface area contributed by atoms with E-state index >= 15 is 0 Å². The van der Waals surface area contributed by atoms with Gasteiger partial charge in [0.05, 0.1) is 6.61 Å². The fourth-order valence-corrected chi connectivity index (χ4v) is 9.24. The van der Waals surface area contributed by atoms with E-state index in [9.17, 15) is 9.90 Å². The molecule has 0 aromatic rings. The van der Waals surface area contributed by atoms with Gasteiger partial charge < -0.3 is 9.84 Å². The fourth-order valence-electron chi connectivity index (χ4n) is 9.24. The number of fused-ring (bicyclic) bond motifs is 1. The van der Waals surface area contributed by atoms with E-state index in [1.807, 2.05) is 0 Å². The van der Waals surface area contributed by atoms with Crippen molar-refractivity contribution in [3.63, 3.8) is 0 Å². The van der Waals surface area contributed by atoms with E-state index in [4.69, 9.17) is 4.74 Å². The minimum Gasteiger partial charge on any atom is -0.462 e. The van der Waals surface area contributed by atoms with Gasteiger partial charge in [-0.2, -0.15) is 0 Å². The summed E-state index contributed by atoms with van der Waals surface area (Å²) in [7, 11) is 0. The fraction of sp³-hybridized carbons (Fsp3) is 0.955. The van der Waals surface area contributed by atoms with Crippen LogP contribution in [0.3, 0.4) is 0 Å². The second kappa shape index (κ2) is 4.64. The van der Waals surface area contributed by atoms with Crippen LogP contribution in [-0.2, 0) is 9.53 Å². The molecular weight excluding hydrogens is 312 g/mol. The van der Waals surface area contributed by atoms with E-state index in [-0.39, 0.29) is 24.1 Å². The number of aliphatic hydroxyl groups excluding tert-OH is 1. The molecule has 0 unspecified atom stereocenters. The quantitative estimate of drug-likeness (QED) is 0.763. The van der Waals surface area contributed by atoms with Crippen molar-refractivity contribution >= 4 is 5.97 Å². The molecule has 0 radical (unpaired) electrons. The molecule has 3 heteroatoms. The van der Waals surface area contributed by atoms with Crippen molar-refractivity contribution in [2.24, 2.45) is 45.3 Å². The molecule has 1 N–H and O–H groups in total. The summed E-state index contributed by atoms with van der Waals surface area (Å²) < 4.78 is 5.71. The number of carbonyl (C=O) groups excluding carboxylic acids is 1. The second-order valence-corrected chi connectivity index (χ2v) is 11.1. The van der Waals surface area contributed by atoms with Crippen LogP contribution in [0.5, 0.6) is 0 Å². The van der Waals surface area contributed by atoms with E-state index < -0.39 is 0 Å². The Kier molecular flexibility index (Phi) is 3.08. The first-order chi connectivity index (χ1) is 11.7. The average Bonchev–Trinajstić information content (AvgIpc) is 3.00. The Morgan fingerprint density at radius 3 is 2.44 bits per heavy atom. The number of hydrogen-bond donors (Lipinski definition) is 1. The smallest absolute Gasteiger partial charge is 0.302 e. The van der Waals surface area contributed by atoms with E-state index in [0.29, 0.717) is 22.2 Å². The molecule has 6 aliphatic rings. The molecule has 0 aromatic heterocycles. The maximum Gasteiger partial charge on any atom is 0.302 e. The summed E-state index contributed by atoms with van der Waals surface area (Å²) >= 11 is 0. The molecule has 6 aliphatic carbocycles. The lowest BCUT2D eigenvalue weighted by atomic mass is 9.39. The average molecular weight is 347 g/mol. The predicted molar refractivity (Wildman–Crippen MR) is 95.7 cm³/mol. The van der Waals surface area contributed by atoms with E-state index in [1.54, 1.807) is 0 Å². The van der Waals surface area contributed by atoms with Gasteiger partial charge in [0.15, 0.2) is 0 Å². The van der Waals surface area contributed by atoms with E-state index in [1.165, 1.54) is 39.0 Å². The van der Waals surface area contributed by atoms with E-state index in [0.717, 1.165) is 30.6 Å². The van der Waals surface area contributed by atoms with Crippen LogP contribution in [-0.4, -0.2) is 23.8 Å². The number of rotatable bonds is 2. The number of esters is 1. The van der Waals surface area contributed by atoms with Crippen molar-refractivity contribution in [1.82, 2.24) is 0 Å². The lowest BCUT2D eigenvalue weighted by Crippen LogP contribution is -2.62. The second-order valence-electron chi connectivity index (χ2n) is 11.1. The third-order valence-electron chi connectivity index (χ3n) is 10.3. The highest BCUT2D eigenvalue weighted by Gasteiger charge is 2.78. The normalized spacial score (nSPS) is 61.2. The van der Waals surface area contributed by atoms with Crippen molar-refractivity contribution in [2.75, 3.05) is 6.61 Å². The highest BCUT2D eigenvalue weighted by Crippen LogP contribution is 2.85. The van der Waals surface area contributed by atoms with Crippen LogP contribution < -0.4 is 0 Å². The Hall–Kier alpha value is -0.570. The lowest BCUT2D eigenvalue weighted by molar-refractivity contribution is -0.216. The molecular formula is C22H34O3. The molecule has 0 aliphatic heterocycles. The predicted octanol–water partition coefficient (Wildman–Crippen LogP) is 4.18. The van der Waals surface area contributed by atoms with Crippen LogP contribution in [0.4, 0.5) is 0 Å². The van der Waals surface area contributed by atoms with Crippen LogP contribution in [0, 0.1) is 45.3 Å². The molecule has 3 nitrogen and oxygen atoms in total. The first-order valence-corrected chi connectivity index (χ1v) is 10.5. The van der Waals surface area contributed by atoms with Gasteiger partial charge in [-0.05, 0) is 84.9 Å². The largest absolute Gasteiger partial charge is 0.462 e. The Morgan fingerprint density at radius 1 is 1.08 bits per heavy atom. The highest BCUT2D eigenvalue weighted by atomic mass is 16.5. The number of hydrogen-bond acceptors (Lipinski definition) is 3. The third-order valence-corrected chi connectivity index (χ3v) is 10.3. The van der Waals surface area contributed by atoms with E-state index in [2.05, 4.69) is 20.8 Å². The van der Waals surface area contributed by atoms with Crippen LogP contribution in [0.2, 0.25) is 0 Å². The molecule has 9 atom stereocenters. The lowest BCUT2D eigenvalue weighted by Gasteiger charge is -2.66. The standard InChI is InChI=1S/C22H34O3/c1-13(24)25-18-6-7-19(2)16(21(18,4)12-23)5-8-22-10-15-14(9-17(19)22)20(15,3)11-22/h14-18,23H,5-12H2,1-4H3/t14-,15+,16+,17+,18-,19-,20-,21+,22+/m1/s1. The van der Waals surface area contributed by atoms with Crippen molar-refractivity contribution < 1.29 is 14.6 Å². The van der Waals surface area contributed by atoms with Gasteiger partial charge in [0.1, 0.15) is 6.10 Å². The summed E-state index contributed by atoms with van der Waals surface area (Å²) in [6.45, 7) is 8.91. The molecule has 6 rings (SSSR count). The topological polar surface area (TPSA) is 46.5 Å². The zero-order chi connectivity index (χ0) is 17.8. The number of aliphatic hydroxyl groups is 1. The molecule has 6 saturated carbocycles. The minimum absolute atomic E-state index is 0.119. The van der Waals surface area contributed by atoms with Crippen LogP contribution in [0.1, 0.15) is 72.6 Å². The highest BCUT2D eigenvalue weighted by molar-refractivity contribution is 5.66. The van der Waals surface area contributed by atoms with Gasteiger partial charge >= 0.3 is 5.97 Å². The van der Waals surface area contributed by atoms with Gasteiger partial charge in [0, 0.05) is 12.3 Å². The zero-order valence-electron chi connectivity index (χ0n) is 16.3. The Bertz CT molecular complexity index is 631. The van der Waals surface area contributed by atoms with Crippen LogP contribution in [0.25, 0.3) is 0 Å². The summed E-state index contributed by atoms with van der Waals surface area (Å²) in [4.78, 5) is 11.6. The first-order valence-electron chi connectivity index (χ1n) is 10.5. The molecule has 1 spiro atoms. The zero-order valence-corrected chi connectivity index (χ0v) is 16.3. The van der Waals surface area contributed by atoms with Crippen molar-refractivity contribution in [3.8, 4) is 0 Å². The van der Waals surface area contributed by atoms with Crippen molar-refractivity contribution in [3.05, 3.63) is 0 Å². The monoisotopic (exact) mass is 346 g/mol. The summed E-state index contributed by atoms with van der Waals surface area (Å²) in [5.41, 5.74) is 1.29. The Balaban J connectivity index is 1.50. The molecule has 140 valence electrons. The first kappa shape index (κ1) is 16.6. The molecule has 0 heterocycles. The molecule has 4 bridgehead atoms. The SMILES string of the molecule is CC(=O)O[C@@H]1CC[C@]2(C)[C@H](CC[C@@]34C[C@H]5[C@@H](C[C@H]32)[C@@]5(C)C4)[C@]1(C)CO. The summed E-state index contributed by atoms with van der Waals surface area (Å²) in [5, 5.41) is 10.4. The van der Waals surface area contributed by atoms with Gasteiger partial charge in [-0.25, -0.2) is 0 Å². The van der Waals surface area contributed by atoms with Gasteiger partial charge in [0.25, 0.3) is 0 Å². The van der Waals surface area contributed by atoms with Gasteiger partial charge in [0.2, 0.25) is 0 Å². The van der Waals surface area contributed by atoms with Crippen molar-refractivity contribution in [2.45, 2.75) is 78.7 Å². The summed E-state index contributed by atoms with van der Waals surface area (Å²) in [5.74, 6) is 3.08. The number of carbonyl (C=O) groups is 1. The summed E-state index contributed by atoms with van der Waals surface area (Å²) in [6, 6.07) is 0. The van der Waals surface area contributed by atoms with Gasteiger partial charge in [-0.3, -0.25) is 4.79 Å². The van der Waals surface area contributed by atoms with Gasteiger partial charge in [-0.15, -0.1) is 0 Å². The maximum absolute atomic E-state index is 11.6. The number of ether oxygens (including phenoxy) is 1. The van der Waals surface area contributed by atoms with Crippen LogP contribution >= 0.6 is 0 Å². The maximum atomic E-state index is 11.6. The Morgan fingerprint density at radius 2 is 1.84 bits per heavy atom. The molecule has 25 heavy (non-hydrogen) atoms.